The van der Waals surface area contributed by atoms with E-state index >= 15 is 0 Å². The van der Waals surface area contributed by atoms with E-state index in [1.165, 1.54) is 25.7 Å². The first-order valence-corrected chi connectivity index (χ1v) is 18.9. The van der Waals surface area contributed by atoms with Crippen molar-refractivity contribution >= 4 is 7.60 Å². The summed E-state index contributed by atoms with van der Waals surface area (Å²) in [6.07, 6.45) is 14.0. The minimum absolute atomic E-state index is 0.0902. The van der Waals surface area contributed by atoms with Crippen LogP contribution in [0.25, 0.3) is 0 Å². The third kappa shape index (κ3) is 5.38. The van der Waals surface area contributed by atoms with E-state index in [2.05, 4.69) is 32.7 Å². The van der Waals surface area contributed by atoms with Crippen molar-refractivity contribution in [2.24, 2.45) is 52.3 Å². The highest BCUT2D eigenvalue weighted by atomic mass is 31.2. The van der Waals surface area contributed by atoms with Crippen molar-refractivity contribution in [3.63, 3.8) is 0 Å². The zero-order valence-electron chi connectivity index (χ0n) is 26.7. The van der Waals surface area contributed by atoms with Gasteiger partial charge in [-0.2, -0.15) is 0 Å². The summed E-state index contributed by atoms with van der Waals surface area (Å²) in [5, 5.41) is 22.6. The fourth-order valence-corrected chi connectivity index (χ4v) is 13.7. The van der Waals surface area contributed by atoms with Crippen LogP contribution in [0.15, 0.2) is 24.5 Å². The highest BCUT2D eigenvalue weighted by molar-refractivity contribution is 7.54. The molecule has 1 aromatic heterocycles. The lowest BCUT2D eigenvalue weighted by atomic mass is 9.41. The van der Waals surface area contributed by atoms with Crippen LogP contribution in [0.2, 0.25) is 0 Å². The monoisotopic (exact) mass is 601 g/mol. The van der Waals surface area contributed by atoms with E-state index in [0.29, 0.717) is 54.2 Å². The zero-order chi connectivity index (χ0) is 29.9. The summed E-state index contributed by atoms with van der Waals surface area (Å²) >= 11 is 0. The second kappa shape index (κ2) is 11.9. The van der Waals surface area contributed by atoms with Crippen LogP contribution < -0.4 is 0 Å². The minimum Gasteiger partial charge on any atom is -0.393 e. The number of nitrogens with zero attached hydrogens (tertiary/aromatic N) is 1. The maximum atomic E-state index is 13.7. The summed E-state index contributed by atoms with van der Waals surface area (Å²) in [5.41, 5.74) is 1.63. The van der Waals surface area contributed by atoms with Gasteiger partial charge in [0.15, 0.2) is 0 Å². The number of fused-ring (bicyclic) bond motifs is 5. The van der Waals surface area contributed by atoms with Crippen LogP contribution in [0.1, 0.15) is 110 Å². The van der Waals surface area contributed by atoms with Gasteiger partial charge < -0.3 is 19.3 Å². The fraction of sp³-hybridized carbons (Fsp3) is 0.857. The molecule has 2 N–H and O–H groups in total. The van der Waals surface area contributed by atoms with E-state index in [0.717, 1.165) is 44.1 Å². The molecular formula is C35H56NO5P. The van der Waals surface area contributed by atoms with Crippen LogP contribution in [0.5, 0.6) is 0 Å². The van der Waals surface area contributed by atoms with Gasteiger partial charge in [-0.3, -0.25) is 9.55 Å². The molecule has 0 spiro atoms. The summed E-state index contributed by atoms with van der Waals surface area (Å²) in [5.74, 6) is 3.46. The third-order valence-corrected chi connectivity index (χ3v) is 15.7. The van der Waals surface area contributed by atoms with Crippen molar-refractivity contribution in [2.45, 2.75) is 123 Å². The van der Waals surface area contributed by atoms with Crippen molar-refractivity contribution < 1.29 is 23.8 Å². The highest BCUT2D eigenvalue weighted by Crippen LogP contribution is 2.69. The van der Waals surface area contributed by atoms with Gasteiger partial charge in [-0.05, 0) is 141 Å². The van der Waals surface area contributed by atoms with Crippen LogP contribution in [-0.4, -0.2) is 46.3 Å². The highest BCUT2D eigenvalue weighted by Gasteiger charge is 2.64. The summed E-state index contributed by atoms with van der Waals surface area (Å²) in [6.45, 7) is 12.1. The van der Waals surface area contributed by atoms with Gasteiger partial charge in [0, 0.05) is 12.4 Å². The van der Waals surface area contributed by atoms with Gasteiger partial charge in [0.2, 0.25) is 0 Å². The Bertz CT molecular complexity index is 1130. The quantitative estimate of drug-likeness (QED) is 0.310. The molecule has 0 radical (unpaired) electrons. The van der Waals surface area contributed by atoms with Gasteiger partial charge in [0.25, 0.3) is 0 Å². The van der Waals surface area contributed by atoms with Crippen LogP contribution in [0.4, 0.5) is 0 Å². The van der Waals surface area contributed by atoms with Crippen LogP contribution in [0, 0.1) is 52.3 Å². The molecule has 1 aromatic rings. The van der Waals surface area contributed by atoms with Crippen molar-refractivity contribution in [3.05, 3.63) is 30.1 Å². The summed E-state index contributed by atoms with van der Waals surface area (Å²) < 4.78 is 25.9. The molecule has 42 heavy (non-hydrogen) atoms. The maximum absolute atomic E-state index is 13.7. The van der Waals surface area contributed by atoms with Gasteiger partial charge in [-0.1, -0.05) is 34.1 Å². The molecular weight excluding hydrogens is 545 g/mol. The summed E-state index contributed by atoms with van der Waals surface area (Å²) in [4.78, 5) is 4.14. The normalized spacial score (nSPS) is 49.5. The first kappa shape index (κ1) is 31.2. The average Bonchev–Trinajstić information content (AvgIpc) is 3.31. The molecule has 2 heterocycles. The molecule has 0 aromatic carbocycles. The third-order valence-electron chi connectivity index (χ3n) is 13.6. The van der Waals surface area contributed by atoms with E-state index in [-0.39, 0.29) is 35.1 Å². The van der Waals surface area contributed by atoms with Gasteiger partial charge in [-0.15, -0.1) is 0 Å². The van der Waals surface area contributed by atoms with Gasteiger partial charge in [-0.25, -0.2) is 0 Å². The smallest absolute Gasteiger partial charge is 0.331 e. The predicted molar refractivity (Wildman–Crippen MR) is 166 cm³/mol. The molecule has 7 heteroatoms. The van der Waals surface area contributed by atoms with Crippen LogP contribution in [0.3, 0.4) is 0 Å². The van der Waals surface area contributed by atoms with Crippen molar-refractivity contribution in [2.75, 3.05) is 12.8 Å². The number of hydrogen-bond donors (Lipinski definition) is 2. The predicted octanol–water partition coefficient (Wildman–Crippen LogP) is 7.84. The average molecular weight is 602 g/mol. The standard InChI is InChI=1S/C35H56NO5P/c1-6-27-31-20-26(37)9-14-35(31,5)30-10-15-34(4)28(7-8-29(34)32(30)33(27)38)22(2)13-18-40-42(39)21-25(19-23(3)41-42)24-11-16-36-17-12-24/h11-12,16-17,22-23,25-33,37-38H,6-10,13-15,18-21H2,1-5H3/t22-,23?,25-,26-,27-,28-,29?,30?,31?,32?,33-,34-,35-,42-/m1/s1. The second-order valence-corrected chi connectivity index (χ2v) is 17.7. The minimum atomic E-state index is -3.16. The molecule has 6 nitrogen and oxygen atoms in total. The molecule has 0 bridgehead atoms. The molecule has 5 unspecified atom stereocenters. The maximum Gasteiger partial charge on any atom is 0.331 e. The Morgan fingerprint density at radius 1 is 1.05 bits per heavy atom. The van der Waals surface area contributed by atoms with E-state index in [1.54, 1.807) is 12.4 Å². The van der Waals surface area contributed by atoms with Crippen LogP contribution >= 0.6 is 7.60 Å². The number of hydrogen-bond acceptors (Lipinski definition) is 6. The molecule has 1 saturated heterocycles. The van der Waals surface area contributed by atoms with Gasteiger partial charge in [0.1, 0.15) is 0 Å². The van der Waals surface area contributed by atoms with E-state index in [9.17, 15) is 14.8 Å². The lowest BCUT2D eigenvalue weighted by Gasteiger charge is -2.64. The molecule has 6 rings (SSSR count). The molecule has 14 atom stereocenters. The zero-order valence-corrected chi connectivity index (χ0v) is 27.6. The fourth-order valence-electron chi connectivity index (χ4n) is 11.6. The molecule has 5 fully saturated rings. The first-order valence-electron chi connectivity index (χ1n) is 17.2. The Hall–Kier alpha value is -0.780. The summed E-state index contributed by atoms with van der Waals surface area (Å²) in [7, 11) is -3.16. The lowest BCUT2D eigenvalue weighted by Crippen LogP contribution is -2.62. The largest absolute Gasteiger partial charge is 0.393 e. The van der Waals surface area contributed by atoms with E-state index in [4.69, 9.17) is 9.05 Å². The lowest BCUT2D eigenvalue weighted by molar-refractivity contribution is -0.203. The first-order chi connectivity index (χ1) is 20.0. The number of pyridine rings is 1. The van der Waals surface area contributed by atoms with Crippen molar-refractivity contribution in [3.8, 4) is 0 Å². The Morgan fingerprint density at radius 3 is 2.50 bits per heavy atom. The van der Waals surface area contributed by atoms with Crippen molar-refractivity contribution in [1.29, 1.82) is 0 Å². The topological polar surface area (TPSA) is 88.9 Å². The Labute approximate surface area is 254 Å². The Kier molecular flexibility index (Phi) is 8.82. The number of aliphatic hydroxyl groups is 2. The second-order valence-electron chi connectivity index (χ2n) is 15.6. The van der Waals surface area contributed by atoms with Crippen LogP contribution in [-0.2, 0) is 13.6 Å². The number of rotatable bonds is 7. The SMILES string of the molecule is CC[C@@H]1C2C[C@H](O)CC[C@]2(C)C2CC[C@@]3(C)C(CC[C@@H]3[C@H](C)CCO[P@]3(=O)C[C@H](c4ccncc4)CC(C)O3)C2[C@@H]1O. The number of aromatic nitrogens is 1. The Morgan fingerprint density at radius 2 is 1.76 bits per heavy atom. The molecule has 0 amide bonds. The van der Waals surface area contributed by atoms with Crippen molar-refractivity contribution in [1.82, 2.24) is 4.98 Å². The Balaban J connectivity index is 1.12. The number of aliphatic hydroxyl groups excluding tert-OH is 2. The summed E-state index contributed by atoms with van der Waals surface area (Å²) in [6, 6.07) is 4.04. The van der Waals surface area contributed by atoms with Gasteiger partial charge >= 0.3 is 7.60 Å². The van der Waals surface area contributed by atoms with Gasteiger partial charge in [0.05, 0.1) is 31.1 Å². The van der Waals surface area contributed by atoms with E-state index < -0.39 is 7.60 Å². The van der Waals surface area contributed by atoms with E-state index in [1.807, 2.05) is 19.1 Å². The molecule has 4 aliphatic carbocycles. The molecule has 5 aliphatic rings. The molecule has 1 aliphatic heterocycles. The molecule has 4 saturated carbocycles. The molecule has 236 valence electrons.